The van der Waals surface area contributed by atoms with Crippen molar-refractivity contribution in [2.75, 3.05) is 43.0 Å². The third-order valence-corrected chi connectivity index (χ3v) is 13.8. The normalized spacial score (nSPS) is 26.4. The first-order valence-electron chi connectivity index (χ1n) is 21.3. The molecule has 9 rings (SSSR count). The Hall–Kier alpha value is -5.71. The van der Waals surface area contributed by atoms with Gasteiger partial charge in [-0.1, -0.05) is 23.7 Å². The Kier molecular flexibility index (Phi) is 11.1. The number of ketones is 1. The topological polar surface area (TPSA) is 206 Å². The molecule has 324 valence electrons. The van der Waals surface area contributed by atoms with Gasteiger partial charge in [0.25, 0.3) is 17.7 Å². The van der Waals surface area contributed by atoms with Crippen LogP contribution < -0.4 is 21.3 Å². The van der Waals surface area contributed by atoms with Gasteiger partial charge in [-0.05, 0) is 111 Å². The largest absolute Gasteiger partial charge is 0.480 e. The first-order valence-corrected chi connectivity index (χ1v) is 21.7. The van der Waals surface area contributed by atoms with Crippen LogP contribution in [0.1, 0.15) is 95.7 Å². The number of aryl methyl sites for hydroxylation is 1. The highest BCUT2D eigenvalue weighted by atomic mass is 35.5. The maximum absolute atomic E-state index is 13.5. The van der Waals surface area contributed by atoms with Gasteiger partial charge in [0.2, 0.25) is 17.8 Å². The van der Waals surface area contributed by atoms with Gasteiger partial charge in [0.05, 0.1) is 29.5 Å². The summed E-state index contributed by atoms with van der Waals surface area (Å²) in [5, 5.41) is 5.90. The number of hydrogen-bond donors (Lipinski definition) is 3. The number of carbonyl (C=O) groups excluding carboxylic acids is 6. The molecule has 16 nitrogen and oxygen atoms in total. The van der Waals surface area contributed by atoms with Crippen LogP contribution >= 0.6 is 11.6 Å². The van der Waals surface area contributed by atoms with Gasteiger partial charge in [-0.15, -0.1) is 0 Å². The number of Topliss-reactive ketones (excluding diaryl/α,β-unsaturated/α-hetero) is 1. The predicted octanol–water partition coefficient (Wildman–Crippen LogP) is 4.20. The first-order chi connectivity index (χ1) is 29.8. The summed E-state index contributed by atoms with van der Waals surface area (Å²) in [5.41, 5.74) is 9.27. The van der Waals surface area contributed by atoms with Crippen LogP contribution in [0.5, 0.6) is 0 Å². The molecular weight excluding hydrogens is 816 g/mol. The van der Waals surface area contributed by atoms with E-state index in [9.17, 15) is 28.8 Å². The molecule has 5 fully saturated rings. The number of fused-ring (bicyclic) bond motifs is 2. The fourth-order valence-electron chi connectivity index (χ4n) is 9.81. The van der Waals surface area contributed by atoms with Crippen LogP contribution in [0.4, 0.5) is 17.5 Å². The standard InChI is InChI=1S/C45H49ClN8O8/c1-24-3-5-29(15-26(24)16-37(25(2)55)61-23-38(47)56)49-40-35(46)21-48-44(51-40)52-12-9-31(10-13-52)62-32-18-30(19-32)53-14-11-45(20-28(45)22-53)27-4-6-33-34(17-27)43(60)54(42(33)59)36-7-8-39(57)50-41(36)58/h3-6,15-17,21,28,30-32,36H,7-14,18-20,22-23H2,1-2H3,(H2,47,56)(H,48,49,51)(H,50,57,58)/b37-16+. The van der Waals surface area contributed by atoms with E-state index in [4.69, 9.17) is 31.8 Å². The average molecular weight is 865 g/mol. The molecule has 3 unspecified atom stereocenters. The van der Waals surface area contributed by atoms with Crippen molar-refractivity contribution in [1.82, 2.24) is 25.1 Å². The molecule has 4 N–H and O–H groups in total. The van der Waals surface area contributed by atoms with Crippen molar-refractivity contribution < 1.29 is 38.2 Å². The number of amides is 5. The molecule has 5 heterocycles. The average Bonchev–Trinajstić information content (AvgIpc) is 3.92. The number of primary amides is 1. The summed E-state index contributed by atoms with van der Waals surface area (Å²) in [4.78, 5) is 89.3. The lowest BCUT2D eigenvalue weighted by atomic mass is 9.82. The van der Waals surface area contributed by atoms with Crippen LogP contribution in [0.15, 0.2) is 48.4 Å². The van der Waals surface area contributed by atoms with Crippen molar-refractivity contribution >= 4 is 70.4 Å². The van der Waals surface area contributed by atoms with Crippen molar-refractivity contribution in [2.45, 2.75) is 94.9 Å². The number of rotatable bonds is 13. The van der Waals surface area contributed by atoms with E-state index in [1.807, 2.05) is 37.3 Å². The van der Waals surface area contributed by atoms with E-state index < -0.39 is 36.3 Å². The molecule has 6 aliphatic rings. The van der Waals surface area contributed by atoms with Crippen LogP contribution in [-0.2, 0) is 34.1 Å². The van der Waals surface area contributed by atoms with Gasteiger partial charge in [-0.2, -0.15) is 4.98 Å². The van der Waals surface area contributed by atoms with Crippen LogP contribution in [-0.4, -0.2) is 112 Å². The van der Waals surface area contributed by atoms with Gasteiger partial charge in [-0.3, -0.25) is 43.9 Å². The molecule has 4 aliphatic heterocycles. The van der Waals surface area contributed by atoms with E-state index in [0.717, 1.165) is 80.7 Å². The molecule has 2 aliphatic carbocycles. The number of nitrogens with zero attached hydrogens (tertiary/aromatic N) is 5. The molecule has 5 amide bonds. The maximum atomic E-state index is 13.5. The summed E-state index contributed by atoms with van der Waals surface area (Å²) in [6.45, 7) is 6.31. The van der Waals surface area contributed by atoms with Gasteiger partial charge >= 0.3 is 0 Å². The lowest BCUT2D eigenvalue weighted by molar-refractivity contribution is -0.136. The molecule has 62 heavy (non-hydrogen) atoms. The third kappa shape index (κ3) is 8.06. The number of benzene rings is 2. The number of piperidine rings is 3. The molecule has 0 bridgehead atoms. The second-order valence-electron chi connectivity index (χ2n) is 17.5. The van der Waals surface area contributed by atoms with Gasteiger partial charge in [0.15, 0.2) is 24.0 Å². The minimum absolute atomic E-state index is 0.00304. The quantitative estimate of drug-likeness (QED) is 0.125. The number of ether oxygens (including phenoxy) is 2. The smallest absolute Gasteiger partial charge is 0.262 e. The Morgan fingerprint density at radius 3 is 2.52 bits per heavy atom. The highest BCUT2D eigenvalue weighted by Gasteiger charge is 2.59. The van der Waals surface area contributed by atoms with Crippen molar-refractivity contribution in [3.8, 4) is 0 Å². The van der Waals surface area contributed by atoms with E-state index in [0.29, 0.717) is 51.1 Å². The van der Waals surface area contributed by atoms with Gasteiger partial charge in [0, 0.05) is 50.1 Å². The number of nitrogens with two attached hydrogens (primary N) is 1. The summed E-state index contributed by atoms with van der Waals surface area (Å²) in [6.07, 6.45) is 9.55. The highest BCUT2D eigenvalue weighted by Crippen LogP contribution is 2.60. The molecule has 3 saturated heterocycles. The second kappa shape index (κ2) is 16.5. The summed E-state index contributed by atoms with van der Waals surface area (Å²) >= 11 is 6.54. The molecular formula is C45H49ClN8O8. The van der Waals surface area contributed by atoms with Gasteiger partial charge in [-0.25, -0.2) is 4.98 Å². The lowest BCUT2D eigenvalue weighted by Crippen LogP contribution is -2.54. The van der Waals surface area contributed by atoms with Crippen LogP contribution in [0, 0.1) is 12.8 Å². The van der Waals surface area contributed by atoms with Crippen LogP contribution in [0.25, 0.3) is 6.08 Å². The molecule has 17 heteroatoms. The number of likely N-dealkylation sites (tertiary alicyclic amines) is 1. The van der Waals surface area contributed by atoms with E-state index in [2.05, 4.69) is 25.4 Å². The zero-order chi connectivity index (χ0) is 43.4. The number of allylic oxidation sites excluding steroid dienone is 1. The summed E-state index contributed by atoms with van der Waals surface area (Å²) < 4.78 is 11.9. The molecule has 2 aromatic carbocycles. The lowest BCUT2D eigenvalue weighted by Gasteiger charge is -2.47. The highest BCUT2D eigenvalue weighted by molar-refractivity contribution is 6.33. The number of imide groups is 2. The second-order valence-corrected chi connectivity index (χ2v) is 17.9. The fourth-order valence-corrected chi connectivity index (χ4v) is 9.95. The van der Waals surface area contributed by atoms with Crippen molar-refractivity contribution in [3.63, 3.8) is 0 Å². The molecule has 3 aromatic rings. The summed E-state index contributed by atoms with van der Waals surface area (Å²) in [7, 11) is 0. The molecule has 3 atom stereocenters. The van der Waals surface area contributed by atoms with Crippen molar-refractivity contribution in [3.05, 3.63) is 81.2 Å². The van der Waals surface area contributed by atoms with Crippen molar-refractivity contribution in [1.29, 1.82) is 0 Å². The van der Waals surface area contributed by atoms with Crippen LogP contribution in [0.2, 0.25) is 5.02 Å². The van der Waals surface area contributed by atoms with Gasteiger partial charge < -0.3 is 25.4 Å². The zero-order valence-electron chi connectivity index (χ0n) is 34.7. The number of hydrogen-bond acceptors (Lipinski definition) is 13. The van der Waals surface area contributed by atoms with E-state index >= 15 is 0 Å². The molecule has 0 radical (unpaired) electrons. The number of halogens is 1. The Morgan fingerprint density at radius 2 is 1.79 bits per heavy atom. The Balaban J connectivity index is 0.743. The number of anilines is 3. The third-order valence-electron chi connectivity index (χ3n) is 13.5. The molecule has 2 saturated carbocycles. The number of nitrogens with one attached hydrogen (secondary N) is 2. The predicted molar refractivity (Wildman–Crippen MR) is 228 cm³/mol. The van der Waals surface area contributed by atoms with E-state index in [1.54, 1.807) is 18.3 Å². The fraction of sp³-hybridized carbons (Fsp3) is 0.467. The minimum atomic E-state index is -0.968. The van der Waals surface area contributed by atoms with Gasteiger partial charge in [0.1, 0.15) is 11.1 Å². The Morgan fingerprint density at radius 1 is 1.02 bits per heavy atom. The first kappa shape index (κ1) is 41.6. The number of carbonyl (C=O) groups is 6. The Labute approximate surface area is 363 Å². The SMILES string of the molecule is CC(=O)/C(=C\c1cc(Nc2nc(N3CCC(OC4CC(N5CCC6(c7ccc8c(c7)C(=O)N(C7CCC(=O)NC7=O)C8=O)CC6C5)C4)CC3)ncc2Cl)ccc1C)OCC(N)=O. The Bertz CT molecular complexity index is 2410. The van der Waals surface area contributed by atoms with E-state index in [1.165, 1.54) is 6.92 Å². The monoisotopic (exact) mass is 864 g/mol. The van der Waals surface area contributed by atoms with Crippen molar-refractivity contribution in [2.24, 2.45) is 11.7 Å². The summed E-state index contributed by atoms with van der Waals surface area (Å²) in [6, 6.07) is 10.8. The molecule has 0 spiro atoms. The summed E-state index contributed by atoms with van der Waals surface area (Å²) in [5.74, 6) is -1.39. The van der Waals surface area contributed by atoms with Crippen LogP contribution in [0.3, 0.4) is 0 Å². The zero-order valence-corrected chi connectivity index (χ0v) is 35.4. The maximum Gasteiger partial charge on any atom is 0.262 e. The molecule has 1 aromatic heterocycles. The van der Waals surface area contributed by atoms with E-state index in [-0.39, 0.29) is 47.9 Å². The minimum Gasteiger partial charge on any atom is -0.480 e. The number of aromatic nitrogens is 2.